The van der Waals surface area contributed by atoms with Gasteiger partial charge in [0, 0.05) is 26.1 Å². The normalized spacial score (nSPS) is 11.2. The first-order valence-electron chi connectivity index (χ1n) is 11.5. The number of hydrogen-bond donors (Lipinski definition) is 0. The molecule has 0 atom stereocenters. The second-order valence-electron chi connectivity index (χ2n) is 7.40. The van der Waals surface area contributed by atoms with E-state index in [1.54, 1.807) is 11.8 Å². The molecule has 168 valence electrons. The fraction of sp³-hybridized carbons (Fsp3) is 0.957. The van der Waals surface area contributed by atoms with Crippen LogP contribution in [-0.4, -0.2) is 57.4 Å². The Morgan fingerprint density at radius 1 is 0.607 bits per heavy atom. The van der Waals surface area contributed by atoms with E-state index in [1.165, 1.54) is 51.4 Å². The average molecular weight is 419 g/mol. The number of rotatable bonds is 24. The smallest absolute Gasteiger partial charge is 0.133 e. The highest BCUT2D eigenvalue weighted by Gasteiger charge is 2.01. The second-order valence-corrected chi connectivity index (χ2v) is 8.39. The number of carbonyl (C=O) groups is 1. The number of ketones is 1. The molecule has 0 aliphatic heterocycles. The molecule has 0 radical (unpaired) electrons. The average Bonchev–Trinajstić information content (AvgIpc) is 2.70. The van der Waals surface area contributed by atoms with Crippen LogP contribution in [0.4, 0.5) is 0 Å². The van der Waals surface area contributed by atoms with Crippen molar-refractivity contribution < 1.29 is 19.0 Å². The van der Waals surface area contributed by atoms with Crippen molar-refractivity contribution in [2.45, 2.75) is 90.4 Å². The molecule has 0 aromatic heterocycles. The second kappa shape index (κ2) is 24.9. The van der Waals surface area contributed by atoms with Crippen molar-refractivity contribution in [3.05, 3.63) is 0 Å². The minimum atomic E-state index is 0.375. The van der Waals surface area contributed by atoms with Crippen LogP contribution in [0, 0.1) is 0 Å². The van der Waals surface area contributed by atoms with Gasteiger partial charge in [-0.2, -0.15) is 11.8 Å². The number of hydrogen-bond acceptors (Lipinski definition) is 5. The number of carbonyl (C=O) groups excluding carboxylic acids is 1. The van der Waals surface area contributed by atoms with Gasteiger partial charge in [-0.15, -0.1) is 0 Å². The zero-order valence-corrected chi connectivity index (χ0v) is 19.5. The Balaban J connectivity index is 3.04. The molecular formula is C23H46O4S. The van der Waals surface area contributed by atoms with E-state index in [0.717, 1.165) is 31.6 Å². The topological polar surface area (TPSA) is 44.8 Å². The fourth-order valence-electron chi connectivity index (χ4n) is 2.92. The summed E-state index contributed by atoms with van der Waals surface area (Å²) < 4.78 is 16.6. The lowest BCUT2D eigenvalue weighted by Gasteiger charge is -2.07. The zero-order valence-electron chi connectivity index (χ0n) is 18.7. The molecule has 0 aromatic carbocycles. The molecule has 0 aliphatic rings. The van der Waals surface area contributed by atoms with Gasteiger partial charge in [0.25, 0.3) is 0 Å². The van der Waals surface area contributed by atoms with Crippen molar-refractivity contribution in [2.75, 3.05) is 51.6 Å². The van der Waals surface area contributed by atoms with E-state index in [-0.39, 0.29) is 0 Å². The van der Waals surface area contributed by atoms with Crippen LogP contribution in [0.5, 0.6) is 0 Å². The summed E-state index contributed by atoms with van der Waals surface area (Å²) in [6, 6.07) is 0. The number of Topliss-reactive ketones (excluding diaryl/α,β-unsaturated/α-hetero) is 1. The molecule has 0 amide bonds. The van der Waals surface area contributed by atoms with Gasteiger partial charge in [-0.3, -0.25) is 4.79 Å². The summed E-state index contributed by atoms with van der Waals surface area (Å²) in [6.07, 6.45) is 17.4. The van der Waals surface area contributed by atoms with Crippen LogP contribution in [0.15, 0.2) is 0 Å². The summed E-state index contributed by atoms with van der Waals surface area (Å²) in [5.41, 5.74) is 0. The minimum Gasteiger partial charge on any atom is -0.379 e. The number of thioether (sulfide) groups is 1. The van der Waals surface area contributed by atoms with E-state index in [1.807, 2.05) is 6.26 Å². The standard InChI is InChI=1S/C23H46O4S/c1-3-4-5-6-7-8-9-10-12-16-25-18-20-27-21-19-26-17-13-11-14-23(24)15-22-28-2/h3-22H2,1-2H3. The predicted octanol–water partition coefficient (Wildman–Crippen LogP) is 6.06. The molecule has 0 unspecified atom stereocenters. The van der Waals surface area contributed by atoms with Gasteiger partial charge in [-0.1, -0.05) is 58.3 Å². The van der Waals surface area contributed by atoms with Gasteiger partial charge in [0.1, 0.15) is 5.78 Å². The molecule has 0 spiro atoms. The molecule has 0 bridgehead atoms. The van der Waals surface area contributed by atoms with E-state index in [9.17, 15) is 4.79 Å². The summed E-state index contributed by atoms with van der Waals surface area (Å²) in [5.74, 6) is 1.32. The van der Waals surface area contributed by atoms with Crippen LogP contribution in [0.3, 0.4) is 0 Å². The first-order valence-corrected chi connectivity index (χ1v) is 12.9. The third-order valence-corrected chi connectivity index (χ3v) is 5.33. The highest BCUT2D eigenvalue weighted by atomic mass is 32.2. The summed E-state index contributed by atoms with van der Waals surface area (Å²) in [7, 11) is 0. The molecule has 0 fully saturated rings. The SMILES string of the molecule is CCCCCCCCCCCOCCOCCOCCCCC(=O)CCSC. The van der Waals surface area contributed by atoms with Crippen LogP contribution in [0.1, 0.15) is 90.4 Å². The maximum Gasteiger partial charge on any atom is 0.133 e. The molecular weight excluding hydrogens is 372 g/mol. The van der Waals surface area contributed by atoms with Crippen LogP contribution >= 0.6 is 11.8 Å². The van der Waals surface area contributed by atoms with Gasteiger partial charge in [0.2, 0.25) is 0 Å². The molecule has 0 aromatic rings. The van der Waals surface area contributed by atoms with Crippen LogP contribution < -0.4 is 0 Å². The summed E-state index contributed by atoms with van der Waals surface area (Å²) in [4.78, 5) is 11.5. The molecule has 5 heteroatoms. The Hall–Kier alpha value is -0.100. The van der Waals surface area contributed by atoms with Crippen molar-refractivity contribution in [3.8, 4) is 0 Å². The number of ether oxygens (including phenoxy) is 3. The van der Waals surface area contributed by atoms with Gasteiger partial charge < -0.3 is 14.2 Å². The third-order valence-electron chi connectivity index (χ3n) is 4.72. The first-order chi connectivity index (χ1) is 13.8. The maximum absolute atomic E-state index is 11.5. The predicted molar refractivity (Wildman–Crippen MR) is 122 cm³/mol. The van der Waals surface area contributed by atoms with Crippen molar-refractivity contribution in [1.82, 2.24) is 0 Å². The largest absolute Gasteiger partial charge is 0.379 e. The molecule has 0 N–H and O–H groups in total. The van der Waals surface area contributed by atoms with Gasteiger partial charge >= 0.3 is 0 Å². The first kappa shape index (κ1) is 27.9. The van der Waals surface area contributed by atoms with Crippen molar-refractivity contribution in [3.63, 3.8) is 0 Å². The van der Waals surface area contributed by atoms with E-state index in [0.29, 0.717) is 51.7 Å². The van der Waals surface area contributed by atoms with E-state index in [4.69, 9.17) is 14.2 Å². The minimum absolute atomic E-state index is 0.375. The van der Waals surface area contributed by atoms with Crippen molar-refractivity contribution in [1.29, 1.82) is 0 Å². The maximum atomic E-state index is 11.5. The molecule has 0 saturated carbocycles. The molecule has 0 rings (SSSR count). The van der Waals surface area contributed by atoms with E-state index in [2.05, 4.69) is 6.92 Å². The Bertz CT molecular complexity index is 313. The lowest BCUT2D eigenvalue weighted by atomic mass is 10.1. The Kier molecular flexibility index (Phi) is 24.8. The zero-order chi connectivity index (χ0) is 20.5. The van der Waals surface area contributed by atoms with Crippen LogP contribution in [-0.2, 0) is 19.0 Å². The highest BCUT2D eigenvalue weighted by molar-refractivity contribution is 7.98. The lowest BCUT2D eigenvalue weighted by Crippen LogP contribution is -2.10. The van der Waals surface area contributed by atoms with Gasteiger partial charge in [0.15, 0.2) is 0 Å². The van der Waals surface area contributed by atoms with Gasteiger partial charge in [-0.05, 0) is 31.3 Å². The lowest BCUT2D eigenvalue weighted by molar-refractivity contribution is -0.118. The van der Waals surface area contributed by atoms with Crippen LogP contribution in [0.25, 0.3) is 0 Å². The third kappa shape index (κ3) is 23.9. The van der Waals surface area contributed by atoms with Gasteiger partial charge in [0.05, 0.1) is 26.4 Å². The van der Waals surface area contributed by atoms with Crippen LogP contribution in [0.2, 0.25) is 0 Å². The Morgan fingerprint density at radius 3 is 1.61 bits per heavy atom. The quantitative estimate of drug-likeness (QED) is 0.178. The summed E-state index contributed by atoms with van der Waals surface area (Å²) in [6.45, 7) is 6.40. The van der Waals surface area contributed by atoms with E-state index >= 15 is 0 Å². The van der Waals surface area contributed by atoms with E-state index < -0.39 is 0 Å². The Morgan fingerprint density at radius 2 is 1.07 bits per heavy atom. The van der Waals surface area contributed by atoms with Crippen molar-refractivity contribution >= 4 is 17.5 Å². The molecule has 0 aliphatic carbocycles. The van der Waals surface area contributed by atoms with Crippen molar-refractivity contribution in [2.24, 2.45) is 0 Å². The molecule has 4 nitrogen and oxygen atoms in total. The molecule has 0 heterocycles. The highest BCUT2D eigenvalue weighted by Crippen LogP contribution is 2.09. The molecule has 28 heavy (non-hydrogen) atoms. The fourth-order valence-corrected chi connectivity index (χ4v) is 3.36. The number of unbranched alkanes of at least 4 members (excludes halogenated alkanes) is 9. The van der Waals surface area contributed by atoms with Gasteiger partial charge in [-0.25, -0.2) is 0 Å². The Labute approximate surface area is 178 Å². The molecule has 0 saturated heterocycles. The monoisotopic (exact) mass is 418 g/mol. The summed E-state index contributed by atoms with van der Waals surface area (Å²) >= 11 is 1.73. The summed E-state index contributed by atoms with van der Waals surface area (Å²) in [5, 5.41) is 0.